The Balaban J connectivity index is 2.74. The van der Waals surface area contributed by atoms with E-state index in [1.54, 1.807) is 25.1 Å². The molecule has 0 bridgehead atoms. The molecule has 1 amide bonds. The average molecular weight is 312 g/mol. The summed E-state index contributed by atoms with van der Waals surface area (Å²) < 4.78 is 17.3. The fraction of sp³-hybridized carbons (Fsp3) is 0.533. The highest BCUT2D eigenvalue weighted by atomic mass is 32.2. The largest absolute Gasteiger partial charge is 0.494 e. The normalized spacial score (nSPS) is 15.0. The standard InChI is InChI=1S/C15H24N2O3S/c1-5-10(2)9-21(19)11(3)15(18)17-13-7-6-12(16)8-14(13)20-4/h6-8,10-11H,5,9,16H2,1-4H3,(H,17,18). The van der Waals surface area contributed by atoms with Crippen LogP contribution in [0.3, 0.4) is 0 Å². The van der Waals surface area contributed by atoms with Crippen molar-refractivity contribution in [3.8, 4) is 5.75 Å². The van der Waals surface area contributed by atoms with E-state index in [0.29, 0.717) is 28.8 Å². The Labute approximate surface area is 128 Å². The SMILES string of the molecule is CCC(C)CS(=O)C(C)C(=O)Nc1ccc(N)cc1OC. The van der Waals surface area contributed by atoms with Gasteiger partial charge in [-0.15, -0.1) is 0 Å². The van der Waals surface area contributed by atoms with Crippen LogP contribution < -0.4 is 15.8 Å². The number of nitrogens with two attached hydrogens (primary N) is 1. The first kappa shape index (κ1) is 17.5. The molecule has 0 aliphatic carbocycles. The van der Waals surface area contributed by atoms with Crippen LogP contribution in [0.2, 0.25) is 0 Å². The van der Waals surface area contributed by atoms with Gasteiger partial charge in [0.05, 0.1) is 12.8 Å². The summed E-state index contributed by atoms with van der Waals surface area (Å²) in [4.78, 5) is 12.2. The van der Waals surface area contributed by atoms with E-state index in [1.807, 2.05) is 13.8 Å². The molecular formula is C15H24N2O3S. The summed E-state index contributed by atoms with van der Waals surface area (Å²) in [6.07, 6.45) is 0.950. The molecule has 3 N–H and O–H groups in total. The second kappa shape index (κ2) is 8.02. The molecular weight excluding hydrogens is 288 g/mol. The van der Waals surface area contributed by atoms with Gasteiger partial charge < -0.3 is 15.8 Å². The quantitative estimate of drug-likeness (QED) is 0.758. The molecule has 0 spiro atoms. The second-order valence-corrected chi connectivity index (χ2v) is 6.95. The number of rotatable bonds is 7. The molecule has 3 unspecified atom stereocenters. The number of hydrogen-bond acceptors (Lipinski definition) is 4. The summed E-state index contributed by atoms with van der Waals surface area (Å²) in [7, 11) is 0.320. The van der Waals surface area contributed by atoms with Crippen LogP contribution in [0.1, 0.15) is 27.2 Å². The Hall–Kier alpha value is -1.56. The van der Waals surface area contributed by atoms with Gasteiger partial charge in [-0.2, -0.15) is 0 Å². The molecule has 5 nitrogen and oxygen atoms in total. The molecule has 118 valence electrons. The third-order valence-electron chi connectivity index (χ3n) is 3.39. The maximum Gasteiger partial charge on any atom is 0.239 e. The van der Waals surface area contributed by atoms with Crippen molar-refractivity contribution in [2.75, 3.05) is 23.9 Å². The van der Waals surface area contributed by atoms with Gasteiger partial charge >= 0.3 is 0 Å². The Morgan fingerprint density at radius 1 is 1.43 bits per heavy atom. The van der Waals surface area contributed by atoms with E-state index < -0.39 is 16.0 Å². The zero-order valence-electron chi connectivity index (χ0n) is 13.0. The van der Waals surface area contributed by atoms with E-state index in [1.165, 1.54) is 7.11 Å². The monoisotopic (exact) mass is 312 g/mol. The first-order valence-electron chi connectivity index (χ1n) is 7.00. The maximum atomic E-state index is 12.2. The highest BCUT2D eigenvalue weighted by molar-refractivity contribution is 7.86. The van der Waals surface area contributed by atoms with E-state index >= 15 is 0 Å². The Kier molecular flexibility index (Phi) is 6.68. The molecule has 1 aromatic rings. The highest BCUT2D eigenvalue weighted by Crippen LogP contribution is 2.26. The molecule has 3 atom stereocenters. The van der Waals surface area contributed by atoms with Crippen molar-refractivity contribution in [2.45, 2.75) is 32.4 Å². The number of hydrogen-bond donors (Lipinski definition) is 2. The first-order valence-corrected chi connectivity index (χ1v) is 8.38. The van der Waals surface area contributed by atoms with Crippen LogP contribution in [0.25, 0.3) is 0 Å². The third kappa shape index (κ3) is 5.04. The minimum absolute atomic E-state index is 0.278. The zero-order chi connectivity index (χ0) is 16.0. The van der Waals surface area contributed by atoms with E-state index in [-0.39, 0.29) is 5.91 Å². The van der Waals surface area contributed by atoms with Crippen molar-refractivity contribution >= 4 is 28.1 Å². The highest BCUT2D eigenvalue weighted by Gasteiger charge is 2.22. The fourth-order valence-electron chi connectivity index (χ4n) is 1.71. The minimum atomic E-state index is -1.19. The van der Waals surface area contributed by atoms with Gasteiger partial charge in [-0.05, 0) is 25.0 Å². The smallest absolute Gasteiger partial charge is 0.239 e. The van der Waals surface area contributed by atoms with Gasteiger partial charge in [0.2, 0.25) is 5.91 Å². The summed E-state index contributed by atoms with van der Waals surface area (Å²) in [5.41, 5.74) is 6.76. The molecule has 1 rings (SSSR count). The van der Waals surface area contributed by atoms with E-state index in [4.69, 9.17) is 10.5 Å². The molecule has 0 fully saturated rings. The number of methoxy groups -OCH3 is 1. The van der Waals surface area contributed by atoms with Gasteiger partial charge in [-0.3, -0.25) is 9.00 Å². The molecule has 1 aromatic carbocycles. The number of carbonyl (C=O) groups is 1. The lowest BCUT2D eigenvalue weighted by molar-refractivity contribution is -0.115. The van der Waals surface area contributed by atoms with Gasteiger partial charge in [-0.25, -0.2) is 0 Å². The van der Waals surface area contributed by atoms with E-state index in [9.17, 15) is 9.00 Å². The van der Waals surface area contributed by atoms with Crippen molar-refractivity contribution < 1.29 is 13.7 Å². The molecule has 21 heavy (non-hydrogen) atoms. The van der Waals surface area contributed by atoms with Crippen molar-refractivity contribution in [3.05, 3.63) is 18.2 Å². The Morgan fingerprint density at radius 3 is 2.67 bits per heavy atom. The number of benzene rings is 1. The molecule has 0 aliphatic rings. The van der Waals surface area contributed by atoms with Crippen LogP contribution >= 0.6 is 0 Å². The lowest BCUT2D eigenvalue weighted by Crippen LogP contribution is -2.31. The van der Waals surface area contributed by atoms with Gasteiger partial charge in [0, 0.05) is 28.3 Å². The lowest BCUT2D eigenvalue weighted by atomic mass is 10.2. The average Bonchev–Trinajstić information content (AvgIpc) is 2.47. The number of carbonyl (C=O) groups excluding carboxylic acids is 1. The molecule has 0 saturated heterocycles. The van der Waals surface area contributed by atoms with Gasteiger partial charge in [0.1, 0.15) is 11.0 Å². The predicted molar refractivity (Wildman–Crippen MR) is 88.0 cm³/mol. The van der Waals surface area contributed by atoms with Crippen molar-refractivity contribution in [1.82, 2.24) is 0 Å². The zero-order valence-corrected chi connectivity index (χ0v) is 13.8. The summed E-state index contributed by atoms with van der Waals surface area (Å²) in [5.74, 6) is 1.08. The summed E-state index contributed by atoms with van der Waals surface area (Å²) in [6.45, 7) is 5.76. The van der Waals surface area contributed by atoms with Gasteiger partial charge in [-0.1, -0.05) is 20.3 Å². The summed E-state index contributed by atoms with van der Waals surface area (Å²) >= 11 is 0. The first-order chi connectivity index (χ1) is 9.88. The van der Waals surface area contributed by atoms with Crippen LogP contribution in [-0.2, 0) is 15.6 Å². The second-order valence-electron chi connectivity index (χ2n) is 5.15. The molecule has 0 saturated carbocycles. The predicted octanol–water partition coefficient (Wildman–Crippen LogP) is 2.40. The van der Waals surface area contributed by atoms with E-state index in [2.05, 4.69) is 5.32 Å². The Bertz CT molecular complexity index is 520. The minimum Gasteiger partial charge on any atom is -0.494 e. The molecule has 0 aromatic heterocycles. The van der Waals surface area contributed by atoms with Crippen LogP contribution in [0.15, 0.2) is 18.2 Å². The molecule has 0 heterocycles. The van der Waals surface area contributed by atoms with Crippen LogP contribution in [0, 0.1) is 5.92 Å². The third-order valence-corrected chi connectivity index (χ3v) is 5.29. The number of anilines is 2. The fourth-order valence-corrected chi connectivity index (χ4v) is 3.09. The topological polar surface area (TPSA) is 81.4 Å². The van der Waals surface area contributed by atoms with Crippen LogP contribution in [0.4, 0.5) is 11.4 Å². The summed E-state index contributed by atoms with van der Waals surface area (Å²) in [5, 5.41) is 2.18. The van der Waals surface area contributed by atoms with Crippen LogP contribution in [0.5, 0.6) is 5.75 Å². The van der Waals surface area contributed by atoms with Crippen LogP contribution in [-0.4, -0.2) is 28.2 Å². The number of amides is 1. The van der Waals surface area contributed by atoms with Gasteiger partial charge in [0.15, 0.2) is 0 Å². The van der Waals surface area contributed by atoms with Gasteiger partial charge in [0.25, 0.3) is 0 Å². The Morgan fingerprint density at radius 2 is 2.10 bits per heavy atom. The van der Waals surface area contributed by atoms with Crippen molar-refractivity contribution in [1.29, 1.82) is 0 Å². The summed E-state index contributed by atoms with van der Waals surface area (Å²) in [6, 6.07) is 4.99. The van der Waals surface area contributed by atoms with Crippen molar-refractivity contribution in [2.24, 2.45) is 5.92 Å². The van der Waals surface area contributed by atoms with Crippen molar-refractivity contribution in [3.63, 3.8) is 0 Å². The number of nitrogens with one attached hydrogen (secondary N) is 1. The lowest BCUT2D eigenvalue weighted by Gasteiger charge is -2.16. The molecule has 6 heteroatoms. The molecule has 0 aliphatic heterocycles. The van der Waals surface area contributed by atoms with E-state index in [0.717, 1.165) is 6.42 Å². The number of ether oxygens (including phenoxy) is 1. The maximum absolute atomic E-state index is 12.2. The molecule has 0 radical (unpaired) electrons. The number of nitrogen functional groups attached to an aromatic ring is 1.